The lowest BCUT2D eigenvalue weighted by Crippen LogP contribution is -2.50. The van der Waals surface area contributed by atoms with E-state index < -0.39 is 10.2 Å². The van der Waals surface area contributed by atoms with Gasteiger partial charge in [-0.1, -0.05) is 13.8 Å². The van der Waals surface area contributed by atoms with E-state index in [1.807, 2.05) is 0 Å². The summed E-state index contributed by atoms with van der Waals surface area (Å²) in [4.78, 5) is 0. The molecular formula is C13H25ClN2O2S. The first-order chi connectivity index (χ1) is 8.95. The van der Waals surface area contributed by atoms with Crippen LogP contribution in [0.15, 0.2) is 0 Å². The minimum Gasteiger partial charge on any atom is -0.195 e. The number of nitrogens with zero attached hydrogens (tertiary/aromatic N) is 2. The normalized spacial score (nSPS) is 26.3. The van der Waals surface area contributed by atoms with Gasteiger partial charge in [-0.3, -0.25) is 0 Å². The van der Waals surface area contributed by atoms with Crippen LogP contribution in [0.25, 0.3) is 0 Å². The van der Waals surface area contributed by atoms with Crippen molar-refractivity contribution in [1.82, 2.24) is 8.61 Å². The van der Waals surface area contributed by atoms with Crippen LogP contribution in [0.3, 0.4) is 0 Å². The maximum Gasteiger partial charge on any atom is 0.282 e. The average Bonchev–Trinajstić information content (AvgIpc) is 3.20. The molecule has 0 amide bonds. The lowest BCUT2D eigenvalue weighted by atomic mass is 10.0. The Balaban J connectivity index is 2.10. The van der Waals surface area contributed by atoms with E-state index in [1.54, 1.807) is 8.61 Å². The molecule has 0 aromatic heterocycles. The second kappa shape index (κ2) is 6.29. The SMILES string of the molecule is CC(C)CN(C1CC1)S(=O)(=O)N1CCCC(CCl)C1. The lowest BCUT2D eigenvalue weighted by molar-refractivity contribution is 0.251. The molecule has 0 aromatic rings. The molecule has 0 aromatic carbocycles. The molecule has 19 heavy (non-hydrogen) atoms. The molecule has 1 aliphatic heterocycles. The summed E-state index contributed by atoms with van der Waals surface area (Å²) in [6.07, 6.45) is 4.00. The minimum atomic E-state index is -3.29. The number of piperidine rings is 1. The Kier molecular flexibility index (Phi) is 5.15. The maximum absolute atomic E-state index is 12.8. The topological polar surface area (TPSA) is 40.6 Å². The third kappa shape index (κ3) is 3.84. The fourth-order valence-electron chi connectivity index (χ4n) is 2.66. The number of halogens is 1. The van der Waals surface area contributed by atoms with Gasteiger partial charge in [0.25, 0.3) is 10.2 Å². The molecule has 1 aliphatic carbocycles. The maximum atomic E-state index is 12.8. The quantitative estimate of drug-likeness (QED) is 0.707. The number of hydrogen-bond donors (Lipinski definition) is 0. The molecule has 0 bridgehead atoms. The molecule has 4 nitrogen and oxygen atoms in total. The van der Waals surface area contributed by atoms with Gasteiger partial charge in [0, 0.05) is 31.6 Å². The van der Waals surface area contributed by atoms with Crippen LogP contribution in [0, 0.1) is 11.8 Å². The molecule has 0 radical (unpaired) electrons. The Bertz CT molecular complexity index is 395. The van der Waals surface area contributed by atoms with E-state index >= 15 is 0 Å². The van der Waals surface area contributed by atoms with Gasteiger partial charge in [0.15, 0.2) is 0 Å². The number of alkyl halides is 1. The van der Waals surface area contributed by atoms with E-state index in [1.165, 1.54) is 0 Å². The molecule has 2 rings (SSSR count). The molecule has 1 saturated heterocycles. The zero-order valence-electron chi connectivity index (χ0n) is 11.9. The molecule has 112 valence electrons. The van der Waals surface area contributed by atoms with Crippen molar-refractivity contribution in [2.75, 3.05) is 25.5 Å². The highest BCUT2D eigenvalue weighted by molar-refractivity contribution is 7.86. The minimum absolute atomic E-state index is 0.240. The Morgan fingerprint density at radius 2 is 2.00 bits per heavy atom. The van der Waals surface area contributed by atoms with Crippen LogP contribution in [-0.2, 0) is 10.2 Å². The summed E-state index contributed by atoms with van der Waals surface area (Å²) in [6.45, 7) is 6.02. The Morgan fingerprint density at radius 1 is 1.32 bits per heavy atom. The van der Waals surface area contributed by atoms with Crippen LogP contribution in [-0.4, -0.2) is 48.6 Å². The molecule has 1 heterocycles. The van der Waals surface area contributed by atoms with E-state index in [-0.39, 0.29) is 6.04 Å². The van der Waals surface area contributed by atoms with Crippen molar-refractivity contribution in [3.05, 3.63) is 0 Å². The predicted molar refractivity (Wildman–Crippen MR) is 78.5 cm³/mol. The van der Waals surface area contributed by atoms with Crippen LogP contribution in [0.5, 0.6) is 0 Å². The highest BCUT2D eigenvalue weighted by Gasteiger charge is 2.41. The van der Waals surface area contributed by atoms with Crippen LogP contribution < -0.4 is 0 Å². The fourth-order valence-corrected chi connectivity index (χ4v) is 5.05. The van der Waals surface area contributed by atoms with Gasteiger partial charge in [-0.15, -0.1) is 11.6 Å². The standard InChI is InChI=1S/C13H25ClN2O2S/c1-11(2)9-16(13-5-6-13)19(17,18)15-7-3-4-12(8-14)10-15/h11-13H,3-10H2,1-2H3. The fraction of sp³-hybridized carbons (Fsp3) is 1.00. The van der Waals surface area contributed by atoms with E-state index in [0.717, 1.165) is 25.7 Å². The number of hydrogen-bond acceptors (Lipinski definition) is 2. The van der Waals surface area contributed by atoms with E-state index in [9.17, 15) is 8.42 Å². The first-order valence-electron chi connectivity index (χ1n) is 7.28. The van der Waals surface area contributed by atoms with Crippen molar-refractivity contribution in [1.29, 1.82) is 0 Å². The van der Waals surface area contributed by atoms with E-state index in [4.69, 9.17) is 11.6 Å². The van der Waals surface area contributed by atoms with E-state index in [0.29, 0.717) is 37.4 Å². The van der Waals surface area contributed by atoms with Crippen molar-refractivity contribution >= 4 is 21.8 Å². The Labute approximate surface area is 122 Å². The van der Waals surface area contributed by atoms with Crippen molar-refractivity contribution in [2.24, 2.45) is 11.8 Å². The smallest absolute Gasteiger partial charge is 0.195 e. The summed E-state index contributed by atoms with van der Waals surface area (Å²) in [5.74, 6) is 1.23. The van der Waals surface area contributed by atoms with Gasteiger partial charge in [-0.05, 0) is 37.5 Å². The molecule has 0 spiro atoms. The van der Waals surface area contributed by atoms with Gasteiger partial charge in [-0.2, -0.15) is 17.0 Å². The van der Waals surface area contributed by atoms with Crippen molar-refractivity contribution in [2.45, 2.75) is 45.6 Å². The molecule has 1 atom stereocenters. The van der Waals surface area contributed by atoms with Gasteiger partial charge >= 0.3 is 0 Å². The zero-order chi connectivity index (χ0) is 14.0. The lowest BCUT2D eigenvalue weighted by Gasteiger charge is -2.35. The summed E-state index contributed by atoms with van der Waals surface area (Å²) >= 11 is 5.90. The largest absolute Gasteiger partial charge is 0.282 e. The van der Waals surface area contributed by atoms with Crippen molar-refractivity contribution in [3.8, 4) is 0 Å². The summed E-state index contributed by atoms with van der Waals surface area (Å²) in [7, 11) is -3.29. The molecular weight excluding hydrogens is 284 g/mol. The van der Waals surface area contributed by atoms with Crippen molar-refractivity contribution < 1.29 is 8.42 Å². The van der Waals surface area contributed by atoms with Gasteiger partial charge < -0.3 is 0 Å². The summed E-state index contributed by atoms with van der Waals surface area (Å²) in [5, 5.41) is 0. The Hall–Kier alpha value is 0.160. The second-order valence-electron chi connectivity index (χ2n) is 6.22. The highest BCUT2D eigenvalue weighted by atomic mass is 35.5. The average molecular weight is 309 g/mol. The summed E-state index contributed by atoms with van der Waals surface area (Å²) in [5.41, 5.74) is 0. The monoisotopic (exact) mass is 308 g/mol. The molecule has 2 aliphatic rings. The third-order valence-corrected chi connectivity index (χ3v) is 6.28. The zero-order valence-corrected chi connectivity index (χ0v) is 13.5. The predicted octanol–water partition coefficient (Wildman–Crippen LogP) is 2.30. The van der Waals surface area contributed by atoms with Crippen LogP contribution in [0.1, 0.15) is 39.5 Å². The van der Waals surface area contributed by atoms with Crippen LogP contribution >= 0.6 is 11.6 Å². The second-order valence-corrected chi connectivity index (χ2v) is 8.41. The first kappa shape index (κ1) is 15.5. The Morgan fingerprint density at radius 3 is 2.53 bits per heavy atom. The van der Waals surface area contributed by atoms with Crippen LogP contribution in [0.2, 0.25) is 0 Å². The first-order valence-corrected chi connectivity index (χ1v) is 9.21. The van der Waals surface area contributed by atoms with Crippen LogP contribution in [0.4, 0.5) is 0 Å². The van der Waals surface area contributed by atoms with Gasteiger partial charge in [0.05, 0.1) is 0 Å². The molecule has 0 N–H and O–H groups in total. The number of rotatable bonds is 6. The molecule has 1 unspecified atom stereocenters. The van der Waals surface area contributed by atoms with Gasteiger partial charge in [0.1, 0.15) is 0 Å². The van der Waals surface area contributed by atoms with E-state index in [2.05, 4.69) is 13.8 Å². The summed E-state index contributed by atoms with van der Waals surface area (Å²) in [6, 6.07) is 0.240. The molecule has 2 fully saturated rings. The van der Waals surface area contributed by atoms with Crippen molar-refractivity contribution in [3.63, 3.8) is 0 Å². The molecule has 1 saturated carbocycles. The highest BCUT2D eigenvalue weighted by Crippen LogP contribution is 2.32. The third-order valence-electron chi connectivity index (χ3n) is 3.82. The van der Waals surface area contributed by atoms with Gasteiger partial charge in [0.2, 0.25) is 0 Å². The van der Waals surface area contributed by atoms with Gasteiger partial charge in [-0.25, -0.2) is 0 Å². The summed E-state index contributed by atoms with van der Waals surface area (Å²) < 4.78 is 28.9. The molecule has 6 heteroatoms.